The first-order valence-electron chi connectivity index (χ1n) is 15.3. The maximum atomic E-state index is 13.7. The first-order chi connectivity index (χ1) is 22.5. The minimum Gasteiger partial charge on any atom is -0.410 e. The Balaban J connectivity index is 1.28. The van der Waals surface area contributed by atoms with Gasteiger partial charge in [-0.25, -0.2) is 27.5 Å². The Labute approximate surface area is 273 Å². The van der Waals surface area contributed by atoms with E-state index in [2.05, 4.69) is 10.6 Å². The summed E-state index contributed by atoms with van der Waals surface area (Å²) in [6.45, 7) is 0.818. The number of halogens is 1. The average Bonchev–Trinajstić information content (AvgIpc) is 3.06. The van der Waals surface area contributed by atoms with Gasteiger partial charge < -0.3 is 15.0 Å². The summed E-state index contributed by atoms with van der Waals surface area (Å²) in [5.41, 5.74) is 2.84. The van der Waals surface area contributed by atoms with Crippen LogP contribution in [0.5, 0.6) is 5.75 Å². The van der Waals surface area contributed by atoms with Gasteiger partial charge in [-0.05, 0) is 78.4 Å². The van der Waals surface area contributed by atoms with Gasteiger partial charge in [0.2, 0.25) is 10.0 Å². The Morgan fingerprint density at radius 3 is 2.32 bits per heavy atom. The molecule has 1 fully saturated rings. The first-order valence-corrected chi connectivity index (χ1v) is 16.8. The minimum absolute atomic E-state index is 0.0192. The van der Waals surface area contributed by atoms with Crippen molar-refractivity contribution in [1.82, 2.24) is 10.2 Å². The van der Waals surface area contributed by atoms with Crippen molar-refractivity contribution in [2.45, 2.75) is 43.5 Å². The predicted octanol–water partition coefficient (Wildman–Crippen LogP) is 6.87. The molecule has 1 saturated carbocycles. The smallest absolute Gasteiger partial charge is 0.410 e. The summed E-state index contributed by atoms with van der Waals surface area (Å²) in [6.07, 6.45) is 4.61. The normalized spacial score (nSPS) is 13.4. The standard InChI is InChI=1S/C35H36FN5O5S/c36-28-15-19-30(20-16-28)46-35(43)40-33(37)27-10-6-9-25(21-27)23-41(22-24-7-2-1-3-8-24)34(42)39-29-17-13-26(14-18-29)31-11-4-5-12-32(31)47(38,44)45/h4-6,9-21,24H,1-3,7-8,22-23H2,(H,39,42)(H2,37,40,43)(H2,38,44,45). The number of nitrogens with zero attached hydrogens (tertiary/aromatic N) is 1. The lowest BCUT2D eigenvalue weighted by Crippen LogP contribution is -2.38. The molecule has 47 heavy (non-hydrogen) atoms. The molecule has 5 N–H and O–H groups in total. The van der Waals surface area contributed by atoms with Crippen LogP contribution in [0.15, 0.2) is 102 Å². The number of nitrogens with one attached hydrogen (secondary N) is 3. The molecule has 0 bridgehead atoms. The van der Waals surface area contributed by atoms with Gasteiger partial charge >= 0.3 is 12.1 Å². The van der Waals surface area contributed by atoms with Crippen LogP contribution in [0.1, 0.15) is 43.2 Å². The van der Waals surface area contributed by atoms with Crippen LogP contribution in [0.2, 0.25) is 0 Å². The van der Waals surface area contributed by atoms with E-state index in [1.807, 2.05) is 6.07 Å². The number of primary sulfonamides is 1. The lowest BCUT2D eigenvalue weighted by molar-refractivity contribution is 0.187. The van der Waals surface area contributed by atoms with E-state index in [1.165, 1.54) is 36.8 Å². The molecule has 1 aliphatic rings. The molecular formula is C35H36FN5O5S. The monoisotopic (exact) mass is 657 g/mol. The second kappa shape index (κ2) is 15.0. The van der Waals surface area contributed by atoms with Crippen molar-refractivity contribution < 1.29 is 27.1 Å². The molecule has 12 heteroatoms. The van der Waals surface area contributed by atoms with Crippen LogP contribution in [-0.4, -0.2) is 37.8 Å². The number of rotatable bonds is 9. The average molecular weight is 658 g/mol. The molecule has 0 unspecified atom stereocenters. The van der Waals surface area contributed by atoms with Crippen molar-refractivity contribution in [3.63, 3.8) is 0 Å². The molecule has 0 spiro atoms. The fourth-order valence-corrected chi connectivity index (χ4v) is 6.41. The minimum atomic E-state index is -3.92. The topological polar surface area (TPSA) is 155 Å². The first kappa shape index (κ1) is 33.3. The Bertz CT molecular complexity index is 1840. The van der Waals surface area contributed by atoms with Crippen LogP contribution >= 0.6 is 0 Å². The highest BCUT2D eigenvalue weighted by molar-refractivity contribution is 7.89. The molecule has 0 aromatic heterocycles. The number of carbonyl (C=O) groups excluding carboxylic acids is 2. The third-order valence-electron chi connectivity index (χ3n) is 7.97. The Hall–Kier alpha value is -5.07. The molecule has 4 aromatic rings. The van der Waals surface area contributed by atoms with E-state index in [4.69, 9.17) is 15.3 Å². The molecular weight excluding hydrogens is 621 g/mol. The number of urea groups is 1. The predicted molar refractivity (Wildman–Crippen MR) is 178 cm³/mol. The second-order valence-electron chi connectivity index (χ2n) is 11.5. The fourth-order valence-electron chi connectivity index (χ4n) is 5.64. The largest absolute Gasteiger partial charge is 0.418 e. The molecule has 0 heterocycles. The van der Waals surface area contributed by atoms with Gasteiger partial charge in [-0.1, -0.05) is 67.8 Å². The molecule has 1 aliphatic carbocycles. The number of sulfonamides is 1. The lowest BCUT2D eigenvalue weighted by Gasteiger charge is -2.30. The van der Waals surface area contributed by atoms with Gasteiger partial charge in [0, 0.05) is 29.9 Å². The molecule has 0 atom stereocenters. The highest BCUT2D eigenvalue weighted by Gasteiger charge is 2.22. The summed E-state index contributed by atoms with van der Waals surface area (Å²) < 4.78 is 42.4. The molecule has 0 aliphatic heterocycles. The molecule has 0 radical (unpaired) electrons. The molecule has 0 saturated heterocycles. The highest BCUT2D eigenvalue weighted by Crippen LogP contribution is 2.29. The van der Waals surface area contributed by atoms with E-state index < -0.39 is 21.9 Å². The third-order valence-corrected chi connectivity index (χ3v) is 8.94. The molecule has 4 aromatic carbocycles. The van der Waals surface area contributed by atoms with E-state index >= 15 is 0 Å². The van der Waals surface area contributed by atoms with Gasteiger partial charge in [-0.15, -0.1) is 0 Å². The van der Waals surface area contributed by atoms with Gasteiger partial charge in [0.25, 0.3) is 0 Å². The van der Waals surface area contributed by atoms with Crippen LogP contribution < -0.4 is 20.5 Å². The second-order valence-corrected chi connectivity index (χ2v) is 13.0. The maximum Gasteiger partial charge on any atom is 0.418 e. The van der Waals surface area contributed by atoms with Crippen molar-refractivity contribution in [2.24, 2.45) is 11.1 Å². The van der Waals surface area contributed by atoms with Crippen LogP contribution in [-0.2, 0) is 16.6 Å². The maximum absolute atomic E-state index is 13.7. The van der Waals surface area contributed by atoms with E-state index in [0.717, 1.165) is 31.2 Å². The summed E-state index contributed by atoms with van der Waals surface area (Å²) in [5, 5.41) is 19.2. The van der Waals surface area contributed by atoms with Crippen molar-refractivity contribution in [3.05, 3.63) is 114 Å². The van der Waals surface area contributed by atoms with Crippen LogP contribution in [0, 0.1) is 17.1 Å². The zero-order chi connectivity index (χ0) is 33.4. The Kier molecular flexibility index (Phi) is 10.6. The molecule has 244 valence electrons. The lowest BCUT2D eigenvalue weighted by atomic mass is 9.89. The van der Waals surface area contributed by atoms with Crippen LogP contribution in [0.4, 0.5) is 19.7 Å². The van der Waals surface area contributed by atoms with E-state index in [0.29, 0.717) is 34.8 Å². The number of amides is 3. The fraction of sp³-hybridized carbons (Fsp3) is 0.229. The van der Waals surface area contributed by atoms with Gasteiger partial charge in [0.1, 0.15) is 17.4 Å². The summed E-state index contributed by atoms with van der Waals surface area (Å²) in [4.78, 5) is 27.8. The van der Waals surface area contributed by atoms with E-state index in [9.17, 15) is 22.4 Å². The quantitative estimate of drug-likeness (QED) is 0.114. The summed E-state index contributed by atoms with van der Waals surface area (Å²) >= 11 is 0. The highest BCUT2D eigenvalue weighted by atomic mass is 32.2. The van der Waals surface area contributed by atoms with Gasteiger partial charge in [0.15, 0.2) is 0 Å². The van der Waals surface area contributed by atoms with Gasteiger partial charge in [-0.2, -0.15) is 0 Å². The molecule has 10 nitrogen and oxygen atoms in total. The number of nitrogens with two attached hydrogens (primary N) is 1. The Morgan fingerprint density at radius 2 is 1.62 bits per heavy atom. The SMILES string of the molecule is N=C(NC(=O)Oc1ccc(F)cc1)c1cccc(CN(CC2CCCCC2)C(=O)Nc2ccc(-c3ccccc3S(N)(=O)=O)cc2)c1. The zero-order valence-electron chi connectivity index (χ0n) is 25.6. The van der Waals surface area contributed by atoms with E-state index in [-0.39, 0.29) is 29.1 Å². The van der Waals surface area contributed by atoms with Gasteiger partial charge in [-0.3, -0.25) is 10.7 Å². The van der Waals surface area contributed by atoms with Crippen LogP contribution in [0.3, 0.4) is 0 Å². The number of hydrogen-bond donors (Lipinski definition) is 4. The number of amidine groups is 1. The van der Waals surface area contributed by atoms with Crippen molar-refractivity contribution >= 4 is 33.7 Å². The van der Waals surface area contributed by atoms with Gasteiger partial charge in [0.05, 0.1) is 4.90 Å². The summed E-state index contributed by atoms with van der Waals surface area (Å²) in [7, 11) is -3.92. The number of benzene rings is 4. The van der Waals surface area contributed by atoms with Crippen molar-refractivity contribution in [3.8, 4) is 16.9 Å². The number of anilines is 1. The third kappa shape index (κ3) is 9.24. The summed E-state index contributed by atoms with van der Waals surface area (Å²) in [6, 6.07) is 25.0. The number of hydrogen-bond acceptors (Lipinski definition) is 6. The van der Waals surface area contributed by atoms with Crippen molar-refractivity contribution in [1.29, 1.82) is 5.41 Å². The molecule has 3 amide bonds. The number of carbonyl (C=O) groups is 2. The van der Waals surface area contributed by atoms with Crippen LogP contribution in [0.25, 0.3) is 11.1 Å². The summed E-state index contributed by atoms with van der Waals surface area (Å²) in [5.74, 6) is -0.157. The zero-order valence-corrected chi connectivity index (χ0v) is 26.4. The number of ether oxygens (including phenoxy) is 1. The Morgan fingerprint density at radius 1 is 0.915 bits per heavy atom. The van der Waals surface area contributed by atoms with Crippen molar-refractivity contribution in [2.75, 3.05) is 11.9 Å². The molecule has 5 rings (SSSR count). The van der Waals surface area contributed by atoms with E-state index in [1.54, 1.807) is 65.6 Å².